The van der Waals surface area contributed by atoms with Gasteiger partial charge >= 0.3 is 0 Å². The fourth-order valence-corrected chi connectivity index (χ4v) is 2.92. The first-order chi connectivity index (χ1) is 6.74. The average Bonchev–Trinajstić information content (AvgIpc) is 2.23. The number of fused-ring (bicyclic) bond motifs is 1. The van der Waals surface area contributed by atoms with E-state index in [1.807, 2.05) is 0 Å². The zero-order chi connectivity index (χ0) is 10.1. The zero-order valence-corrected chi connectivity index (χ0v) is 9.97. The van der Waals surface area contributed by atoms with Crippen LogP contribution in [0.5, 0.6) is 5.75 Å². The molecule has 0 aliphatic heterocycles. The van der Waals surface area contributed by atoms with E-state index < -0.39 is 0 Å². The Morgan fingerprint density at radius 1 is 1.50 bits per heavy atom. The van der Waals surface area contributed by atoms with Gasteiger partial charge in [0, 0.05) is 0 Å². The maximum Gasteiger partial charge on any atom is 0.130 e. The van der Waals surface area contributed by atoms with E-state index in [4.69, 9.17) is 0 Å². The normalized spacial score (nSPS) is 20.6. The minimum atomic E-state index is 0.375. The number of hydrogen-bond donors (Lipinski definition) is 1. The molecule has 0 amide bonds. The lowest BCUT2D eigenvalue weighted by Crippen LogP contribution is -2.09. The minimum absolute atomic E-state index is 0.375. The summed E-state index contributed by atoms with van der Waals surface area (Å²) in [6.45, 7) is 2.24. The van der Waals surface area contributed by atoms with Crippen molar-refractivity contribution in [1.82, 2.24) is 0 Å². The highest BCUT2D eigenvalue weighted by atomic mass is 79.9. The molecule has 1 atom stereocenters. The van der Waals surface area contributed by atoms with Crippen LogP contribution in [-0.2, 0) is 6.42 Å². The molecule has 0 fully saturated rings. The molecule has 14 heavy (non-hydrogen) atoms. The fourth-order valence-electron chi connectivity index (χ4n) is 2.37. The molecule has 0 heterocycles. The van der Waals surface area contributed by atoms with Gasteiger partial charge in [0.05, 0.1) is 4.47 Å². The van der Waals surface area contributed by atoms with Gasteiger partial charge in [0.15, 0.2) is 0 Å². The minimum Gasteiger partial charge on any atom is -0.507 e. The first-order valence-electron chi connectivity index (χ1n) is 5.24. The number of phenolic OH excluding ortho intramolecular Hbond substituents is 1. The smallest absolute Gasteiger partial charge is 0.130 e. The van der Waals surface area contributed by atoms with Crippen LogP contribution in [0.4, 0.5) is 0 Å². The highest BCUT2D eigenvalue weighted by Gasteiger charge is 2.21. The predicted octanol–water partition coefficient (Wildman–Crippen LogP) is 3.98. The lowest BCUT2D eigenvalue weighted by Gasteiger charge is -2.25. The molecular weight excluding hydrogens is 240 g/mol. The summed E-state index contributed by atoms with van der Waals surface area (Å²) < 4.78 is 0.910. The van der Waals surface area contributed by atoms with Crippen molar-refractivity contribution in [3.05, 3.63) is 27.7 Å². The molecule has 1 nitrogen and oxygen atoms in total. The van der Waals surface area contributed by atoms with Crippen LogP contribution >= 0.6 is 15.9 Å². The van der Waals surface area contributed by atoms with E-state index in [0.29, 0.717) is 11.7 Å². The van der Waals surface area contributed by atoms with Crippen LogP contribution in [0.2, 0.25) is 0 Å². The molecule has 76 valence electrons. The van der Waals surface area contributed by atoms with Crippen LogP contribution in [0.25, 0.3) is 0 Å². The third-order valence-corrected chi connectivity index (χ3v) is 4.06. The van der Waals surface area contributed by atoms with Crippen molar-refractivity contribution >= 4 is 15.9 Å². The Morgan fingerprint density at radius 2 is 2.29 bits per heavy atom. The van der Waals surface area contributed by atoms with Gasteiger partial charge in [-0.05, 0) is 64.7 Å². The van der Waals surface area contributed by atoms with Crippen LogP contribution < -0.4 is 0 Å². The molecule has 2 rings (SSSR count). The quantitative estimate of drug-likeness (QED) is 0.804. The third kappa shape index (κ3) is 1.56. The molecular formula is C12H15BrO. The van der Waals surface area contributed by atoms with Crippen molar-refractivity contribution in [2.45, 2.75) is 38.5 Å². The van der Waals surface area contributed by atoms with Gasteiger partial charge in [-0.15, -0.1) is 0 Å². The largest absolute Gasteiger partial charge is 0.507 e. The van der Waals surface area contributed by atoms with Crippen molar-refractivity contribution in [1.29, 1.82) is 0 Å². The number of benzene rings is 1. The molecule has 1 aliphatic rings. The van der Waals surface area contributed by atoms with E-state index >= 15 is 0 Å². The number of hydrogen-bond acceptors (Lipinski definition) is 1. The summed E-state index contributed by atoms with van der Waals surface area (Å²) in [5, 5.41) is 9.59. The third-order valence-electron chi connectivity index (χ3n) is 3.17. The Labute approximate surface area is 93.3 Å². The second-order valence-electron chi connectivity index (χ2n) is 3.96. The Bertz CT molecular complexity index is 346. The van der Waals surface area contributed by atoms with E-state index in [9.17, 15) is 5.11 Å². The van der Waals surface area contributed by atoms with Gasteiger partial charge in [0.1, 0.15) is 5.75 Å². The summed E-state index contributed by atoms with van der Waals surface area (Å²) in [6, 6.07) is 3.89. The molecule has 0 saturated heterocycles. The first kappa shape index (κ1) is 10.0. The zero-order valence-electron chi connectivity index (χ0n) is 8.39. The van der Waals surface area contributed by atoms with Crippen LogP contribution in [0, 0.1) is 0 Å². The van der Waals surface area contributed by atoms with E-state index in [-0.39, 0.29) is 0 Å². The van der Waals surface area contributed by atoms with Gasteiger partial charge in [-0.25, -0.2) is 0 Å². The van der Waals surface area contributed by atoms with Crippen LogP contribution in [0.3, 0.4) is 0 Å². The van der Waals surface area contributed by atoms with Crippen molar-refractivity contribution in [3.8, 4) is 5.75 Å². The molecule has 1 aromatic rings. The molecule has 0 aromatic heterocycles. The first-order valence-corrected chi connectivity index (χ1v) is 6.03. The second-order valence-corrected chi connectivity index (χ2v) is 4.76. The van der Waals surface area contributed by atoms with Gasteiger partial charge in [0.2, 0.25) is 0 Å². The molecule has 0 bridgehead atoms. The molecule has 0 saturated carbocycles. The molecule has 1 N–H and O–H groups in total. The lowest BCUT2D eigenvalue weighted by molar-refractivity contribution is 0.466. The molecule has 1 aromatic carbocycles. The fraction of sp³-hybridized carbons (Fsp3) is 0.500. The Kier molecular flexibility index (Phi) is 2.82. The number of aromatic hydroxyl groups is 1. The van der Waals surface area contributed by atoms with E-state index in [0.717, 1.165) is 10.9 Å². The Balaban J connectivity index is 2.50. The molecule has 0 radical (unpaired) electrons. The number of phenols is 1. The van der Waals surface area contributed by atoms with Crippen LogP contribution in [0.15, 0.2) is 16.6 Å². The van der Waals surface area contributed by atoms with E-state index in [1.165, 1.54) is 30.4 Å². The van der Waals surface area contributed by atoms with Gasteiger partial charge in [-0.3, -0.25) is 0 Å². The summed E-state index contributed by atoms with van der Waals surface area (Å²) in [5.41, 5.74) is 2.76. The predicted molar refractivity (Wildman–Crippen MR) is 61.8 cm³/mol. The average molecular weight is 255 g/mol. The van der Waals surface area contributed by atoms with Gasteiger partial charge in [-0.2, -0.15) is 0 Å². The topological polar surface area (TPSA) is 20.2 Å². The molecule has 1 aliphatic carbocycles. The Hall–Kier alpha value is -0.500. The van der Waals surface area contributed by atoms with Gasteiger partial charge in [0.25, 0.3) is 0 Å². The maximum atomic E-state index is 9.59. The van der Waals surface area contributed by atoms with Crippen molar-refractivity contribution in [3.63, 3.8) is 0 Å². The highest BCUT2D eigenvalue weighted by molar-refractivity contribution is 9.10. The number of halogens is 1. The van der Waals surface area contributed by atoms with E-state index in [1.54, 1.807) is 6.07 Å². The lowest BCUT2D eigenvalue weighted by atomic mass is 9.81. The Morgan fingerprint density at radius 3 is 3.00 bits per heavy atom. The standard InChI is InChI=1S/C12H15BrO/c1-2-8-4-3-5-10-9(8)6-7-11(14)12(10)13/h6-8,14H,2-5H2,1H3. The van der Waals surface area contributed by atoms with Crippen molar-refractivity contribution < 1.29 is 5.11 Å². The summed E-state index contributed by atoms with van der Waals surface area (Å²) in [4.78, 5) is 0. The van der Waals surface area contributed by atoms with Crippen LogP contribution in [-0.4, -0.2) is 5.11 Å². The van der Waals surface area contributed by atoms with Crippen molar-refractivity contribution in [2.24, 2.45) is 0 Å². The van der Waals surface area contributed by atoms with Gasteiger partial charge in [-0.1, -0.05) is 13.0 Å². The SMILES string of the molecule is CCC1CCCc2c1ccc(O)c2Br. The highest BCUT2D eigenvalue weighted by Crippen LogP contribution is 2.40. The van der Waals surface area contributed by atoms with Gasteiger partial charge < -0.3 is 5.11 Å². The molecule has 1 unspecified atom stereocenters. The summed E-state index contributed by atoms with van der Waals surface area (Å²) in [6.07, 6.45) is 4.83. The second kappa shape index (κ2) is 3.93. The molecule has 2 heteroatoms. The summed E-state index contributed by atoms with van der Waals surface area (Å²) in [7, 11) is 0. The number of rotatable bonds is 1. The van der Waals surface area contributed by atoms with Crippen molar-refractivity contribution in [2.75, 3.05) is 0 Å². The maximum absolute atomic E-state index is 9.59. The molecule has 0 spiro atoms. The summed E-state index contributed by atoms with van der Waals surface area (Å²) in [5.74, 6) is 1.07. The summed E-state index contributed by atoms with van der Waals surface area (Å²) >= 11 is 3.47. The van der Waals surface area contributed by atoms with E-state index in [2.05, 4.69) is 28.9 Å². The van der Waals surface area contributed by atoms with Crippen LogP contribution in [0.1, 0.15) is 43.2 Å². The monoisotopic (exact) mass is 254 g/mol.